The number of aromatic nitrogens is 4. The van der Waals surface area contributed by atoms with E-state index in [0.29, 0.717) is 10.5 Å². The van der Waals surface area contributed by atoms with Crippen LogP contribution >= 0.6 is 27.3 Å². The van der Waals surface area contributed by atoms with Crippen molar-refractivity contribution in [2.45, 2.75) is 13.8 Å². The van der Waals surface area contributed by atoms with Crippen molar-refractivity contribution in [1.29, 1.82) is 0 Å². The molecule has 7 nitrogen and oxygen atoms in total. The minimum atomic E-state index is -0.181. The van der Waals surface area contributed by atoms with E-state index < -0.39 is 0 Å². The summed E-state index contributed by atoms with van der Waals surface area (Å²) in [6, 6.07) is 21.4. The Balaban J connectivity index is 1.74. The summed E-state index contributed by atoms with van der Waals surface area (Å²) in [5.41, 5.74) is 5.38. The summed E-state index contributed by atoms with van der Waals surface area (Å²) in [5, 5.41) is 6.94. The maximum absolute atomic E-state index is 13.5. The highest BCUT2D eigenvalue weighted by atomic mass is 79.9. The van der Waals surface area contributed by atoms with Gasteiger partial charge in [-0.3, -0.25) is 14.5 Å². The molecule has 36 heavy (non-hydrogen) atoms. The Kier molecular flexibility index (Phi) is 6.67. The second kappa shape index (κ2) is 10.0. The van der Waals surface area contributed by atoms with E-state index in [1.807, 2.05) is 97.7 Å². The fourth-order valence-corrected chi connectivity index (χ4v) is 5.13. The van der Waals surface area contributed by atoms with Crippen molar-refractivity contribution >= 4 is 38.7 Å². The Morgan fingerprint density at radius 3 is 2.50 bits per heavy atom. The third-order valence-corrected chi connectivity index (χ3v) is 7.19. The third-order valence-electron chi connectivity index (χ3n) is 5.89. The topological polar surface area (TPSA) is 69.5 Å². The second-order valence-corrected chi connectivity index (χ2v) is 9.92. The standard InChI is InChI=1S/C27H23BrN6OS/c1-18(20-12-14-29-15-13-20)31-33-24(21-8-7-9-22(28)16-21)17-36-27(33)30-25-19(2)32(3)34(26(25)35)23-10-5-4-6-11-23/h4-17H,1-3H3. The van der Waals surface area contributed by atoms with E-state index in [4.69, 9.17) is 10.1 Å². The molecular weight excluding hydrogens is 536 g/mol. The highest BCUT2D eigenvalue weighted by Crippen LogP contribution is 2.25. The highest BCUT2D eigenvalue weighted by molar-refractivity contribution is 9.10. The van der Waals surface area contributed by atoms with Crippen LogP contribution in [0.2, 0.25) is 0 Å². The van der Waals surface area contributed by atoms with Crippen LogP contribution in [0.15, 0.2) is 104 Å². The number of benzene rings is 2. The third kappa shape index (κ3) is 4.55. The Morgan fingerprint density at radius 2 is 1.78 bits per heavy atom. The quantitative estimate of drug-likeness (QED) is 0.260. The van der Waals surface area contributed by atoms with Gasteiger partial charge < -0.3 is 0 Å². The fraction of sp³-hybridized carbons (Fsp3) is 0.111. The molecule has 3 aromatic heterocycles. The average molecular weight is 559 g/mol. The van der Waals surface area contributed by atoms with Crippen molar-refractivity contribution in [2.75, 3.05) is 0 Å². The van der Waals surface area contributed by atoms with Gasteiger partial charge in [-0.15, -0.1) is 11.3 Å². The molecular formula is C27H23BrN6OS. The fourth-order valence-electron chi connectivity index (χ4n) is 3.90. The van der Waals surface area contributed by atoms with Crippen LogP contribution in [0.25, 0.3) is 16.9 Å². The first kappa shape index (κ1) is 23.9. The number of rotatable bonds is 5. The van der Waals surface area contributed by atoms with E-state index in [1.54, 1.807) is 21.8 Å². The minimum absolute atomic E-state index is 0.181. The van der Waals surface area contributed by atoms with Crippen molar-refractivity contribution in [3.8, 4) is 16.9 Å². The van der Waals surface area contributed by atoms with Gasteiger partial charge in [-0.1, -0.05) is 46.3 Å². The molecule has 0 aliphatic rings. The summed E-state index contributed by atoms with van der Waals surface area (Å²) >= 11 is 5.01. The molecule has 180 valence electrons. The van der Waals surface area contributed by atoms with E-state index in [9.17, 15) is 4.79 Å². The van der Waals surface area contributed by atoms with Gasteiger partial charge in [0.05, 0.1) is 22.8 Å². The van der Waals surface area contributed by atoms with Gasteiger partial charge in [-0.05, 0) is 50.2 Å². The maximum atomic E-state index is 13.5. The first-order valence-electron chi connectivity index (χ1n) is 11.3. The van der Waals surface area contributed by atoms with E-state index >= 15 is 0 Å². The Labute approximate surface area is 220 Å². The predicted molar refractivity (Wildman–Crippen MR) is 148 cm³/mol. The number of hydrogen-bond acceptors (Lipinski definition) is 5. The molecule has 0 amide bonds. The molecule has 2 aromatic carbocycles. The van der Waals surface area contributed by atoms with Gasteiger partial charge in [0.2, 0.25) is 4.80 Å². The number of para-hydroxylation sites is 1. The van der Waals surface area contributed by atoms with Crippen LogP contribution in [0.4, 0.5) is 5.69 Å². The normalized spacial score (nSPS) is 12.3. The van der Waals surface area contributed by atoms with E-state index in [2.05, 4.69) is 20.9 Å². The van der Waals surface area contributed by atoms with Crippen molar-refractivity contribution in [2.24, 2.45) is 17.1 Å². The zero-order valence-electron chi connectivity index (χ0n) is 20.0. The molecule has 3 heterocycles. The predicted octanol–water partition coefficient (Wildman–Crippen LogP) is 5.68. The maximum Gasteiger partial charge on any atom is 0.297 e. The molecule has 0 saturated heterocycles. The van der Waals surface area contributed by atoms with Gasteiger partial charge in [0.25, 0.3) is 5.56 Å². The first-order chi connectivity index (χ1) is 17.4. The second-order valence-electron chi connectivity index (χ2n) is 8.17. The number of halogens is 1. The molecule has 9 heteroatoms. The van der Waals surface area contributed by atoms with Crippen LogP contribution in [0.1, 0.15) is 18.2 Å². The summed E-state index contributed by atoms with van der Waals surface area (Å²) < 4.78 is 6.24. The molecule has 0 bridgehead atoms. The summed E-state index contributed by atoms with van der Waals surface area (Å²) in [6.45, 7) is 3.85. The average Bonchev–Trinajstić information content (AvgIpc) is 3.38. The molecule has 0 spiro atoms. The van der Waals surface area contributed by atoms with Gasteiger partial charge in [0.15, 0.2) is 5.69 Å². The molecule has 0 saturated carbocycles. The van der Waals surface area contributed by atoms with Crippen LogP contribution in [-0.2, 0) is 7.05 Å². The molecule has 0 radical (unpaired) electrons. The first-order valence-corrected chi connectivity index (χ1v) is 12.9. The van der Waals surface area contributed by atoms with Crippen molar-refractivity contribution in [1.82, 2.24) is 19.0 Å². The monoisotopic (exact) mass is 558 g/mol. The molecule has 0 aliphatic carbocycles. The lowest BCUT2D eigenvalue weighted by Gasteiger charge is -2.07. The zero-order chi connectivity index (χ0) is 25.2. The molecule has 5 aromatic rings. The summed E-state index contributed by atoms with van der Waals surface area (Å²) in [4.78, 5) is 23.1. The SMILES string of the molecule is CC(=Nn1c(-c2cccc(Br)c2)csc1=Nc1c(C)n(C)n(-c2ccccc2)c1=O)c1ccncc1. The number of hydrogen-bond donors (Lipinski definition) is 0. The lowest BCUT2D eigenvalue weighted by atomic mass is 10.2. The van der Waals surface area contributed by atoms with Crippen LogP contribution < -0.4 is 10.4 Å². The molecule has 0 atom stereocenters. The van der Waals surface area contributed by atoms with Crippen LogP contribution in [0, 0.1) is 6.92 Å². The molecule has 0 fully saturated rings. The summed E-state index contributed by atoms with van der Waals surface area (Å²) in [6.07, 6.45) is 3.49. The molecule has 0 unspecified atom stereocenters. The zero-order valence-corrected chi connectivity index (χ0v) is 22.4. The van der Waals surface area contributed by atoms with Crippen molar-refractivity contribution in [3.63, 3.8) is 0 Å². The summed E-state index contributed by atoms with van der Waals surface area (Å²) in [7, 11) is 1.86. The van der Waals surface area contributed by atoms with Crippen molar-refractivity contribution in [3.05, 3.63) is 115 Å². The van der Waals surface area contributed by atoms with Crippen LogP contribution in [0.3, 0.4) is 0 Å². The molecule has 0 N–H and O–H groups in total. The summed E-state index contributed by atoms with van der Waals surface area (Å²) in [5.74, 6) is 0. The van der Waals surface area contributed by atoms with E-state index in [1.165, 1.54) is 11.3 Å². The lowest BCUT2D eigenvalue weighted by Crippen LogP contribution is -2.20. The van der Waals surface area contributed by atoms with Gasteiger partial charge in [-0.25, -0.2) is 14.4 Å². The number of pyridine rings is 1. The van der Waals surface area contributed by atoms with Crippen LogP contribution in [-0.4, -0.2) is 24.7 Å². The van der Waals surface area contributed by atoms with Gasteiger partial charge in [-0.2, -0.15) is 5.10 Å². The van der Waals surface area contributed by atoms with Gasteiger partial charge >= 0.3 is 0 Å². The van der Waals surface area contributed by atoms with E-state index in [-0.39, 0.29) is 5.56 Å². The number of nitrogens with zero attached hydrogens (tertiary/aromatic N) is 6. The van der Waals surface area contributed by atoms with E-state index in [0.717, 1.165) is 38.4 Å². The Bertz CT molecular complexity index is 1690. The molecule has 5 rings (SSSR count). The van der Waals surface area contributed by atoms with Crippen molar-refractivity contribution < 1.29 is 0 Å². The van der Waals surface area contributed by atoms with Gasteiger partial charge in [0, 0.05) is 40.4 Å². The smallest absolute Gasteiger partial charge is 0.283 e. The van der Waals surface area contributed by atoms with Gasteiger partial charge in [0.1, 0.15) is 0 Å². The molecule has 0 aliphatic heterocycles. The highest BCUT2D eigenvalue weighted by Gasteiger charge is 2.17. The Hall–Kier alpha value is -3.82. The minimum Gasteiger partial charge on any atom is -0.283 e. The number of thiazole rings is 1. The van der Waals surface area contributed by atoms with Crippen LogP contribution in [0.5, 0.6) is 0 Å². The largest absolute Gasteiger partial charge is 0.297 e. The lowest BCUT2D eigenvalue weighted by molar-refractivity contribution is 0.630. The Morgan fingerprint density at radius 1 is 1.03 bits per heavy atom.